The molecule has 0 bridgehead atoms. The van der Waals surface area contributed by atoms with Crippen molar-refractivity contribution in [1.29, 1.82) is 0 Å². The first-order valence-corrected chi connectivity index (χ1v) is 9.09. The van der Waals surface area contributed by atoms with Crippen molar-refractivity contribution < 1.29 is 0 Å². The van der Waals surface area contributed by atoms with E-state index in [4.69, 9.17) is 4.98 Å². The Morgan fingerprint density at radius 2 is 1.58 bits per heavy atom. The molecule has 0 spiro atoms. The van der Waals surface area contributed by atoms with Crippen LogP contribution in [0.5, 0.6) is 0 Å². The molecule has 0 saturated heterocycles. The monoisotopic (exact) mass is 334 g/mol. The van der Waals surface area contributed by atoms with Crippen LogP contribution in [0, 0.1) is 0 Å². The van der Waals surface area contributed by atoms with Crippen LogP contribution < -0.4 is 0 Å². The first-order chi connectivity index (χ1) is 12.7. The van der Waals surface area contributed by atoms with Crippen LogP contribution in [0.25, 0.3) is 38.4 Å². The van der Waals surface area contributed by atoms with Gasteiger partial charge in [-0.15, -0.1) is 0 Å². The number of benzene rings is 3. The van der Waals surface area contributed by atoms with E-state index < -0.39 is 0 Å². The molecule has 0 N–H and O–H groups in total. The average Bonchev–Trinajstić information content (AvgIpc) is 3.02. The Hall–Kier alpha value is -3.13. The fraction of sp³-hybridized carbons (Fsp3) is 0.125. The van der Waals surface area contributed by atoms with E-state index in [1.807, 2.05) is 12.3 Å². The Morgan fingerprint density at radius 1 is 0.808 bits per heavy atom. The van der Waals surface area contributed by atoms with Gasteiger partial charge in [-0.3, -0.25) is 4.57 Å². The molecule has 2 aromatic heterocycles. The van der Waals surface area contributed by atoms with Gasteiger partial charge in [-0.25, -0.2) is 4.98 Å². The van der Waals surface area contributed by atoms with Gasteiger partial charge in [0.2, 0.25) is 0 Å². The van der Waals surface area contributed by atoms with Crippen molar-refractivity contribution in [3.63, 3.8) is 0 Å². The lowest BCUT2D eigenvalue weighted by atomic mass is 9.74. The smallest absolute Gasteiger partial charge is 0.145 e. The van der Waals surface area contributed by atoms with Crippen molar-refractivity contribution in [2.24, 2.45) is 0 Å². The van der Waals surface area contributed by atoms with Crippen LogP contribution >= 0.6 is 0 Å². The van der Waals surface area contributed by atoms with Crippen LogP contribution in [-0.4, -0.2) is 9.55 Å². The lowest BCUT2D eigenvalue weighted by molar-refractivity contribution is 0.630. The van der Waals surface area contributed by atoms with Gasteiger partial charge in [0.15, 0.2) is 0 Å². The summed E-state index contributed by atoms with van der Waals surface area (Å²) >= 11 is 0. The highest BCUT2D eigenvalue weighted by molar-refractivity contribution is 6.22. The Labute approximate surface area is 151 Å². The van der Waals surface area contributed by atoms with Crippen LogP contribution in [0.4, 0.5) is 0 Å². The van der Waals surface area contributed by atoms with Gasteiger partial charge in [0.05, 0.1) is 11.2 Å². The molecule has 5 aromatic rings. The van der Waals surface area contributed by atoms with E-state index in [1.165, 1.54) is 43.9 Å². The Kier molecular flexibility index (Phi) is 2.45. The van der Waals surface area contributed by atoms with Gasteiger partial charge in [-0.05, 0) is 46.2 Å². The summed E-state index contributed by atoms with van der Waals surface area (Å²) in [5, 5.41) is 5.15. The number of rotatable bonds is 0. The molecule has 6 rings (SSSR count). The maximum Gasteiger partial charge on any atom is 0.145 e. The van der Waals surface area contributed by atoms with Gasteiger partial charge in [0.1, 0.15) is 5.65 Å². The van der Waals surface area contributed by atoms with E-state index in [0.717, 1.165) is 5.65 Å². The normalized spacial score (nSPS) is 14.8. The number of fused-ring (bicyclic) bond motifs is 7. The van der Waals surface area contributed by atoms with Gasteiger partial charge in [-0.2, -0.15) is 0 Å². The molecule has 3 aromatic carbocycles. The summed E-state index contributed by atoms with van der Waals surface area (Å²) in [6.07, 6.45) is 1.90. The number of pyridine rings is 1. The third-order valence-electron chi connectivity index (χ3n) is 6.00. The van der Waals surface area contributed by atoms with E-state index >= 15 is 0 Å². The molecule has 0 aliphatic carbocycles. The molecule has 26 heavy (non-hydrogen) atoms. The minimum Gasteiger partial charge on any atom is -0.293 e. The highest BCUT2D eigenvalue weighted by atomic mass is 15.1. The highest BCUT2D eigenvalue weighted by Gasteiger charge is 2.35. The highest BCUT2D eigenvalue weighted by Crippen LogP contribution is 2.49. The van der Waals surface area contributed by atoms with Crippen LogP contribution in [0.3, 0.4) is 0 Å². The third kappa shape index (κ3) is 1.51. The standard InChI is InChI=1S/C24H18N2/c1-24(2)18-11-5-6-12-20(18)26-22-19(24)14-15-8-3-4-9-16(15)21(22)17-10-7-13-25-23(17)26/h3-14H,1-2H3. The van der Waals surface area contributed by atoms with Crippen LogP contribution in [0.2, 0.25) is 0 Å². The Morgan fingerprint density at radius 3 is 2.50 bits per heavy atom. The van der Waals surface area contributed by atoms with Crippen molar-refractivity contribution in [1.82, 2.24) is 9.55 Å². The largest absolute Gasteiger partial charge is 0.293 e. The van der Waals surface area contributed by atoms with Gasteiger partial charge >= 0.3 is 0 Å². The summed E-state index contributed by atoms with van der Waals surface area (Å²) in [4.78, 5) is 4.78. The maximum atomic E-state index is 4.78. The molecule has 0 saturated carbocycles. The predicted molar refractivity (Wildman–Crippen MR) is 108 cm³/mol. The molecular formula is C24H18N2. The van der Waals surface area contributed by atoms with E-state index in [2.05, 4.69) is 79.1 Å². The number of hydrogen-bond acceptors (Lipinski definition) is 1. The third-order valence-corrected chi connectivity index (χ3v) is 6.00. The first kappa shape index (κ1) is 14.1. The number of para-hydroxylation sites is 1. The Balaban J connectivity index is 2.02. The zero-order valence-electron chi connectivity index (χ0n) is 14.8. The summed E-state index contributed by atoms with van der Waals surface area (Å²) in [5.41, 5.74) is 6.28. The summed E-state index contributed by atoms with van der Waals surface area (Å²) in [7, 11) is 0. The number of nitrogens with zero attached hydrogens (tertiary/aromatic N) is 2. The van der Waals surface area contributed by atoms with Crippen molar-refractivity contribution in [3.05, 3.63) is 84.1 Å². The van der Waals surface area contributed by atoms with Gasteiger partial charge in [0.25, 0.3) is 0 Å². The summed E-state index contributed by atoms with van der Waals surface area (Å²) in [5.74, 6) is 0. The van der Waals surface area contributed by atoms with Crippen molar-refractivity contribution in [2.75, 3.05) is 0 Å². The zero-order chi connectivity index (χ0) is 17.5. The molecule has 0 amide bonds. The molecular weight excluding hydrogens is 316 g/mol. The average molecular weight is 334 g/mol. The fourth-order valence-corrected chi connectivity index (χ4v) is 4.77. The molecule has 2 heteroatoms. The van der Waals surface area contributed by atoms with E-state index in [9.17, 15) is 0 Å². The zero-order valence-corrected chi connectivity index (χ0v) is 14.8. The fourth-order valence-electron chi connectivity index (χ4n) is 4.77. The summed E-state index contributed by atoms with van der Waals surface area (Å²) < 4.78 is 2.37. The SMILES string of the molecule is CC1(C)c2ccccc2-n2c3ncccc3c3c4ccccc4cc1c32. The lowest BCUT2D eigenvalue weighted by Crippen LogP contribution is -2.26. The summed E-state index contributed by atoms with van der Waals surface area (Å²) in [6.45, 7) is 4.67. The minimum atomic E-state index is -0.0523. The molecule has 2 nitrogen and oxygen atoms in total. The van der Waals surface area contributed by atoms with Crippen LogP contribution in [0.1, 0.15) is 25.0 Å². The minimum absolute atomic E-state index is 0.0523. The Bertz CT molecular complexity index is 1360. The van der Waals surface area contributed by atoms with Crippen LogP contribution in [-0.2, 0) is 5.41 Å². The van der Waals surface area contributed by atoms with Crippen molar-refractivity contribution >= 4 is 32.7 Å². The number of aromatic nitrogens is 2. The molecule has 0 fully saturated rings. The molecule has 1 aliphatic heterocycles. The molecule has 3 heterocycles. The predicted octanol–water partition coefficient (Wildman–Crippen LogP) is 5.97. The lowest BCUT2D eigenvalue weighted by Gasteiger charge is -2.34. The second kappa shape index (κ2) is 4.53. The van der Waals surface area contributed by atoms with E-state index in [0.29, 0.717) is 0 Å². The first-order valence-electron chi connectivity index (χ1n) is 9.09. The molecule has 0 radical (unpaired) electrons. The second-order valence-electron chi connectivity index (χ2n) is 7.72. The van der Waals surface area contributed by atoms with Gasteiger partial charge in [-0.1, -0.05) is 56.3 Å². The number of hydrogen-bond donors (Lipinski definition) is 0. The van der Waals surface area contributed by atoms with Crippen molar-refractivity contribution in [2.45, 2.75) is 19.3 Å². The maximum absolute atomic E-state index is 4.78. The van der Waals surface area contributed by atoms with Gasteiger partial charge in [0, 0.05) is 22.4 Å². The van der Waals surface area contributed by atoms with Crippen LogP contribution in [0.15, 0.2) is 72.9 Å². The van der Waals surface area contributed by atoms with E-state index in [-0.39, 0.29) is 5.41 Å². The molecule has 124 valence electrons. The van der Waals surface area contributed by atoms with Gasteiger partial charge < -0.3 is 0 Å². The second-order valence-corrected chi connectivity index (χ2v) is 7.72. The van der Waals surface area contributed by atoms with E-state index in [1.54, 1.807) is 0 Å². The quantitative estimate of drug-likeness (QED) is 0.341. The molecule has 0 atom stereocenters. The molecule has 0 unspecified atom stereocenters. The molecule has 1 aliphatic rings. The van der Waals surface area contributed by atoms with Crippen molar-refractivity contribution in [3.8, 4) is 5.69 Å². The summed E-state index contributed by atoms with van der Waals surface area (Å²) in [6, 6.07) is 24.1. The topological polar surface area (TPSA) is 17.8 Å².